The molecule has 1 unspecified atom stereocenters. The van der Waals surface area contributed by atoms with Crippen molar-refractivity contribution in [3.8, 4) is 0 Å². The van der Waals surface area contributed by atoms with E-state index >= 15 is 0 Å². The number of nitrogens with one attached hydrogen (secondary N) is 1. The number of hydrogen-bond donors (Lipinski definition) is 1. The molecule has 0 bridgehead atoms. The highest BCUT2D eigenvalue weighted by Gasteiger charge is 2.24. The Balaban J connectivity index is 1.99. The summed E-state index contributed by atoms with van der Waals surface area (Å²) in [6.07, 6.45) is 2.85. The number of aryl methyl sites for hydroxylation is 1. The second-order valence-electron chi connectivity index (χ2n) is 6.81. The minimum atomic E-state index is 0.130. The van der Waals surface area contributed by atoms with E-state index in [0.29, 0.717) is 0 Å². The summed E-state index contributed by atoms with van der Waals surface area (Å²) in [6, 6.07) is 8.67. The van der Waals surface area contributed by atoms with Gasteiger partial charge in [-0.2, -0.15) is 0 Å². The Bertz CT molecular complexity index is 404. The molecule has 1 aromatic carbocycles. The summed E-state index contributed by atoms with van der Waals surface area (Å²) in [5.74, 6) is 0.807. The predicted octanol–water partition coefficient (Wildman–Crippen LogP) is 3.85. The average Bonchev–Trinajstić information content (AvgIpc) is 3.11. The molecule has 1 aromatic rings. The van der Waals surface area contributed by atoms with Gasteiger partial charge in [0.15, 0.2) is 0 Å². The molecule has 1 aliphatic rings. The van der Waals surface area contributed by atoms with Crippen molar-refractivity contribution < 1.29 is 4.74 Å². The van der Waals surface area contributed by atoms with Crippen molar-refractivity contribution in [2.75, 3.05) is 13.2 Å². The highest BCUT2D eigenvalue weighted by atomic mass is 16.5. The van der Waals surface area contributed by atoms with Crippen LogP contribution in [-0.4, -0.2) is 18.7 Å². The molecule has 1 atom stereocenters. The summed E-state index contributed by atoms with van der Waals surface area (Å²) in [4.78, 5) is 0. The summed E-state index contributed by atoms with van der Waals surface area (Å²) in [5.41, 5.74) is 2.72. The van der Waals surface area contributed by atoms with Crippen molar-refractivity contribution in [2.24, 2.45) is 5.92 Å². The van der Waals surface area contributed by atoms with E-state index in [1.807, 2.05) is 0 Å². The summed E-state index contributed by atoms with van der Waals surface area (Å²) in [5, 5.41) is 3.56. The standard InChI is InChI=1S/C17H27NO/c1-13-6-5-7-15(10-13)16(11-18-17(2,3)4)19-12-14-8-9-14/h5-7,10,14,16,18H,8-9,11-12H2,1-4H3. The third kappa shape index (κ3) is 5.33. The van der Waals surface area contributed by atoms with Crippen LogP contribution in [0.4, 0.5) is 0 Å². The third-order valence-corrected chi connectivity index (χ3v) is 3.46. The Hall–Kier alpha value is -0.860. The Morgan fingerprint density at radius 3 is 2.63 bits per heavy atom. The van der Waals surface area contributed by atoms with Crippen molar-refractivity contribution in [3.63, 3.8) is 0 Å². The van der Waals surface area contributed by atoms with Crippen LogP contribution in [0.2, 0.25) is 0 Å². The quantitative estimate of drug-likeness (QED) is 0.840. The predicted molar refractivity (Wildman–Crippen MR) is 80.4 cm³/mol. The first-order valence-electron chi connectivity index (χ1n) is 7.37. The molecule has 0 heterocycles. The van der Waals surface area contributed by atoms with Crippen molar-refractivity contribution in [2.45, 2.75) is 52.2 Å². The number of ether oxygens (including phenoxy) is 1. The number of benzene rings is 1. The van der Waals surface area contributed by atoms with E-state index in [-0.39, 0.29) is 11.6 Å². The van der Waals surface area contributed by atoms with E-state index in [0.717, 1.165) is 19.1 Å². The van der Waals surface area contributed by atoms with Gasteiger partial charge < -0.3 is 10.1 Å². The van der Waals surface area contributed by atoms with Crippen LogP contribution < -0.4 is 5.32 Å². The monoisotopic (exact) mass is 261 g/mol. The molecule has 0 saturated heterocycles. The number of rotatable bonds is 6. The maximum absolute atomic E-state index is 6.14. The summed E-state index contributed by atoms with van der Waals surface area (Å²) >= 11 is 0. The van der Waals surface area contributed by atoms with Gasteiger partial charge in [0.1, 0.15) is 0 Å². The van der Waals surface area contributed by atoms with Crippen LogP contribution in [0.25, 0.3) is 0 Å². The van der Waals surface area contributed by atoms with Gasteiger partial charge in [-0.15, -0.1) is 0 Å². The van der Waals surface area contributed by atoms with E-state index in [1.165, 1.54) is 24.0 Å². The van der Waals surface area contributed by atoms with Crippen molar-refractivity contribution in [3.05, 3.63) is 35.4 Å². The first kappa shape index (κ1) is 14.5. The van der Waals surface area contributed by atoms with Gasteiger partial charge in [0.05, 0.1) is 12.7 Å². The van der Waals surface area contributed by atoms with Crippen LogP contribution in [0.15, 0.2) is 24.3 Å². The first-order chi connectivity index (χ1) is 8.94. The Kier molecular flexibility index (Phi) is 4.64. The first-order valence-corrected chi connectivity index (χ1v) is 7.37. The topological polar surface area (TPSA) is 21.3 Å². The van der Waals surface area contributed by atoms with Gasteiger partial charge in [-0.05, 0) is 52.0 Å². The second-order valence-corrected chi connectivity index (χ2v) is 6.81. The lowest BCUT2D eigenvalue weighted by molar-refractivity contribution is 0.0412. The molecule has 2 nitrogen and oxygen atoms in total. The van der Waals surface area contributed by atoms with Gasteiger partial charge in [0, 0.05) is 12.1 Å². The van der Waals surface area contributed by atoms with Gasteiger partial charge in [-0.3, -0.25) is 0 Å². The maximum atomic E-state index is 6.14. The maximum Gasteiger partial charge on any atom is 0.0949 e. The molecular formula is C17H27NO. The highest BCUT2D eigenvalue weighted by Crippen LogP contribution is 2.31. The van der Waals surface area contributed by atoms with Gasteiger partial charge in [0.25, 0.3) is 0 Å². The van der Waals surface area contributed by atoms with Gasteiger partial charge in [-0.25, -0.2) is 0 Å². The zero-order valence-electron chi connectivity index (χ0n) is 12.7. The molecule has 1 fully saturated rings. The molecule has 2 heteroatoms. The lowest BCUT2D eigenvalue weighted by Gasteiger charge is -2.26. The summed E-state index contributed by atoms with van der Waals surface area (Å²) in [7, 11) is 0. The van der Waals surface area contributed by atoms with Crippen LogP contribution in [0.5, 0.6) is 0 Å². The van der Waals surface area contributed by atoms with Gasteiger partial charge in [0.2, 0.25) is 0 Å². The zero-order valence-corrected chi connectivity index (χ0v) is 12.7. The summed E-state index contributed by atoms with van der Waals surface area (Å²) < 4.78 is 6.14. The summed E-state index contributed by atoms with van der Waals surface area (Å²) in [6.45, 7) is 10.5. The van der Waals surface area contributed by atoms with Crippen LogP contribution in [0, 0.1) is 12.8 Å². The molecule has 1 N–H and O–H groups in total. The molecule has 19 heavy (non-hydrogen) atoms. The third-order valence-electron chi connectivity index (χ3n) is 3.46. The molecule has 0 radical (unpaired) electrons. The molecule has 106 valence electrons. The molecule has 0 spiro atoms. The Morgan fingerprint density at radius 1 is 1.32 bits per heavy atom. The molecule has 2 rings (SSSR count). The smallest absolute Gasteiger partial charge is 0.0949 e. The van der Waals surface area contributed by atoms with Crippen molar-refractivity contribution in [1.82, 2.24) is 5.32 Å². The van der Waals surface area contributed by atoms with Crippen molar-refractivity contribution >= 4 is 0 Å². The second kappa shape index (κ2) is 6.06. The molecule has 0 aromatic heterocycles. The van der Waals surface area contributed by atoms with E-state index in [2.05, 4.69) is 57.3 Å². The highest BCUT2D eigenvalue weighted by molar-refractivity contribution is 5.24. The van der Waals surface area contributed by atoms with Gasteiger partial charge in [-0.1, -0.05) is 29.8 Å². The van der Waals surface area contributed by atoms with E-state index in [1.54, 1.807) is 0 Å². The number of hydrogen-bond acceptors (Lipinski definition) is 2. The van der Waals surface area contributed by atoms with Crippen LogP contribution >= 0.6 is 0 Å². The SMILES string of the molecule is Cc1cccc(C(CNC(C)(C)C)OCC2CC2)c1. The van der Waals surface area contributed by atoms with E-state index in [4.69, 9.17) is 4.74 Å². The lowest BCUT2D eigenvalue weighted by Crippen LogP contribution is -2.39. The van der Waals surface area contributed by atoms with E-state index < -0.39 is 0 Å². The van der Waals surface area contributed by atoms with E-state index in [9.17, 15) is 0 Å². The average molecular weight is 261 g/mol. The Morgan fingerprint density at radius 2 is 2.05 bits per heavy atom. The fraction of sp³-hybridized carbons (Fsp3) is 0.647. The zero-order chi connectivity index (χ0) is 13.9. The van der Waals surface area contributed by atoms with Gasteiger partial charge >= 0.3 is 0 Å². The van der Waals surface area contributed by atoms with Crippen molar-refractivity contribution in [1.29, 1.82) is 0 Å². The molecule has 1 saturated carbocycles. The minimum Gasteiger partial charge on any atom is -0.372 e. The Labute approximate surface area is 117 Å². The van der Waals surface area contributed by atoms with Crippen LogP contribution in [-0.2, 0) is 4.74 Å². The largest absolute Gasteiger partial charge is 0.372 e. The molecule has 0 amide bonds. The fourth-order valence-corrected chi connectivity index (χ4v) is 2.08. The molecular weight excluding hydrogens is 234 g/mol. The van der Waals surface area contributed by atoms with Crippen LogP contribution in [0.1, 0.15) is 50.8 Å². The van der Waals surface area contributed by atoms with Crippen LogP contribution in [0.3, 0.4) is 0 Å². The lowest BCUT2D eigenvalue weighted by atomic mass is 10.0. The minimum absolute atomic E-state index is 0.130. The molecule has 0 aliphatic heterocycles. The molecule has 1 aliphatic carbocycles. The fourth-order valence-electron chi connectivity index (χ4n) is 2.08. The normalized spacial score (nSPS) is 17.5.